The zero-order valence-corrected chi connectivity index (χ0v) is 17.4. The van der Waals surface area contributed by atoms with E-state index in [4.69, 9.17) is 4.42 Å². The van der Waals surface area contributed by atoms with Crippen molar-refractivity contribution in [3.63, 3.8) is 0 Å². The van der Waals surface area contributed by atoms with Crippen LogP contribution >= 0.6 is 11.3 Å². The monoisotopic (exact) mass is 435 g/mol. The van der Waals surface area contributed by atoms with Crippen LogP contribution in [0.1, 0.15) is 28.9 Å². The predicted octanol–water partition coefficient (Wildman–Crippen LogP) is 5.38. The average molecular weight is 435 g/mol. The van der Waals surface area contributed by atoms with Gasteiger partial charge in [0.25, 0.3) is 0 Å². The molecule has 0 aliphatic heterocycles. The summed E-state index contributed by atoms with van der Waals surface area (Å²) >= 11 is 1.15. The van der Waals surface area contributed by atoms with E-state index in [2.05, 4.69) is 15.3 Å². The Morgan fingerprint density at radius 1 is 1.06 bits per heavy atom. The van der Waals surface area contributed by atoms with Crippen molar-refractivity contribution in [2.24, 2.45) is 0 Å². The van der Waals surface area contributed by atoms with Gasteiger partial charge in [-0.1, -0.05) is 41.7 Å². The molecule has 1 N–H and O–H groups in total. The number of aromatic nitrogens is 2. The number of ketones is 1. The van der Waals surface area contributed by atoms with Crippen molar-refractivity contribution >= 4 is 28.2 Å². The third-order valence-electron chi connectivity index (χ3n) is 4.49. The molecule has 6 nitrogen and oxygen atoms in total. The van der Waals surface area contributed by atoms with Crippen LogP contribution in [0, 0.1) is 5.82 Å². The summed E-state index contributed by atoms with van der Waals surface area (Å²) in [6.45, 7) is 1.48. The summed E-state index contributed by atoms with van der Waals surface area (Å²) in [5.74, 6) is 0.220. The van der Waals surface area contributed by atoms with Gasteiger partial charge in [-0.15, -0.1) is 0 Å². The highest BCUT2D eigenvalue weighted by Gasteiger charge is 2.18. The summed E-state index contributed by atoms with van der Waals surface area (Å²) in [4.78, 5) is 33.5. The van der Waals surface area contributed by atoms with Crippen molar-refractivity contribution in [2.75, 3.05) is 5.32 Å². The number of carbonyl (C=O) groups excluding carboxylic acids is 2. The van der Waals surface area contributed by atoms with E-state index in [-0.39, 0.29) is 23.9 Å². The maximum absolute atomic E-state index is 13.0. The van der Waals surface area contributed by atoms with E-state index in [1.165, 1.54) is 19.1 Å². The zero-order valence-electron chi connectivity index (χ0n) is 16.6. The van der Waals surface area contributed by atoms with Crippen molar-refractivity contribution in [3.8, 4) is 22.6 Å². The molecule has 4 rings (SSSR count). The Bertz CT molecular complexity index is 1220. The van der Waals surface area contributed by atoms with E-state index in [1.807, 2.05) is 30.3 Å². The van der Waals surface area contributed by atoms with Crippen molar-refractivity contribution < 1.29 is 18.4 Å². The Morgan fingerprint density at radius 2 is 1.81 bits per heavy atom. The van der Waals surface area contributed by atoms with Gasteiger partial charge < -0.3 is 9.73 Å². The number of thiazole rings is 1. The molecule has 31 heavy (non-hydrogen) atoms. The third-order valence-corrected chi connectivity index (χ3v) is 5.56. The Labute approximate surface area is 181 Å². The molecule has 4 aromatic rings. The number of hydrogen-bond donors (Lipinski definition) is 1. The minimum Gasteiger partial charge on any atom is -0.441 e. The van der Waals surface area contributed by atoms with Crippen LogP contribution in [0.5, 0.6) is 0 Å². The number of halogens is 1. The fourth-order valence-corrected chi connectivity index (χ4v) is 3.88. The number of anilines is 1. The van der Waals surface area contributed by atoms with Crippen molar-refractivity contribution in [3.05, 3.63) is 77.4 Å². The van der Waals surface area contributed by atoms with Crippen molar-refractivity contribution in [2.45, 2.75) is 19.8 Å². The maximum Gasteiger partial charge on any atom is 0.226 e. The standard InChI is InChI=1S/C23H18FN3O3S/c1-14(28)22-21(16-5-3-2-4-6-16)27-23(31-22)26-19(29)11-12-20-25-13-18(30-20)15-7-9-17(24)10-8-15/h2-10,13H,11-12H2,1H3,(H,26,27,29). The molecule has 0 aliphatic rings. The lowest BCUT2D eigenvalue weighted by Gasteiger charge is -2.00. The minimum absolute atomic E-state index is 0.107. The van der Waals surface area contributed by atoms with Gasteiger partial charge in [-0.3, -0.25) is 9.59 Å². The largest absolute Gasteiger partial charge is 0.441 e. The maximum atomic E-state index is 13.0. The Kier molecular flexibility index (Phi) is 5.99. The van der Waals surface area contributed by atoms with E-state index in [0.717, 1.165) is 16.9 Å². The highest BCUT2D eigenvalue weighted by Crippen LogP contribution is 2.31. The predicted molar refractivity (Wildman–Crippen MR) is 116 cm³/mol. The van der Waals surface area contributed by atoms with Crippen molar-refractivity contribution in [1.29, 1.82) is 0 Å². The summed E-state index contributed by atoms with van der Waals surface area (Å²) in [6, 6.07) is 15.3. The molecular formula is C23H18FN3O3S. The van der Waals surface area contributed by atoms with Crippen LogP contribution in [0.2, 0.25) is 0 Å². The number of rotatable bonds is 7. The van der Waals surface area contributed by atoms with Crippen LogP contribution in [0.15, 0.2) is 65.2 Å². The molecule has 2 aromatic carbocycles. The molecule has 2 heterocycles. The zero-order chi connectivity index (χ0) is 21.8. The van der Waals surface area contributed by atoms with Crippen LogP contribution in [-0.2, 0) is 11.2 Å². The number of amides is 1. The SMILES string of the molecule is CC(=O)c1sc(NC(=O)CCc2ncc(-c3ccc(F)cc3)o2)nc1-c1ccccc1. The van der Waals surface area contributed by atoms with E-state index in [1.54, 1.807) is 18.3 Å². The highest BCUT2D eigenvalue weighted by atomic mass is 32.1. The van der Waals surface area contributed by atoms with Crippen LogP contribution in [0.3, 0.4) is 0 Å². The van der Waals surface area contributed by atoms with Gasteiger partial charge in [-0.25, -0.2) is 14.4 Å². The van der Waals surface area contributed by atoms with Crippen LogP contribution in [-0.4, -0.2) is 21.7 Å². The van der Waals surface area contributed by atoms with E-state index in [0.29, 0.717) is 39.3 Å². The molecule has 0 saturated carbocycles. The van der Waals surface area contributed by atoms with Gasteiger partial charge in [-0.2, -0.15) is 0 Å². The third kappa shape index (κ3) is 4.92. The average Bonchev–Trinajstić information content (AvgIpc) is 3.41. The number of aryl methyl sites for hydroxylation is 1. The van der Waals surface area contributed by atoms with E-state index < -0.39 is 0 Å². The second-order valence-electron chi connectivity index (χ2n) is 6.79. The number of carbonyl (C=O) groups is 2. The molecule has 0 bridgehead atoms. The Hall–Kier alpha value is -3.65. The normalized spacial score (nSPS) is 10.8. The number of benzene rings is 2. The molecule has 0 saturated heterocycles. The van der Waals surface area contributed by atoms with Crippen LogP contribution in [0.25, 0.3) is 22.6 Å². The molecule has 1 amide bonds. The molecule has 0 fully saturated rings. The van der Waals surface area contributed by atoms with Gasteiger partial charge in [0, 0.05) is 30.9 Å². The molecule has 0 atom stereocenters. The lowest BCUT2D eigenvalue weighted by Crippen LogP contribution is -2.12. The van der Waals surface area contributed by atoms with Crippen molar-refractivity contribution in [1.82, 2.24) is 9.97 Å². The minimum atomic E-state index is -0.328. The molecule has 0 unspecified atom stereocenters. The van der Waals surface area contributed by atoms with Gasteiger partial charge in [0.2, 0.25) is 5.91 Å². The molecular weight excluding hydrogens is 417 g/mol. The Balaban J connectivity index is 1.40. The second kappa shape index (κ2) is 9.01. The van der Waals surface area contributed by atoms with Gasteiger partial charge >= 0.3 is 0 Å². The molecule has 156 valence electrons. The molecule has 0 radical (unpaired) electrons. The molecule has 8 heteroatoms. The first kappa shape index (κ1) is 20.6. The number of hydrogen-bond acceptors (Lipinski definition) is 6. The molecule has 0 aliphatic carbocycles. The van der Waals surface area contributed by atoms with Gasteiger partial charge in [-0.05, 0) is 24.3 Å². The Morgan fingerprint density at radius 3 is 2.52 bits per heavy atom. The topological polar surface area (TPSA) is 85.1 Å². The number of nitrogens with one attached hydrogen (secondary N) is 1. The number of oxazole rings is 1. The number of Topliss-reactive ketones (excluding diaryl/α,β-unsaturated/α-hetero) is 1. The summed E-state index contributed by atoms with van der Waals surface area (Å²) in [7, 11) is 0. The van der Waals surface area contributed by atoms with Crippen LogP contribution < -0.4 is 5.32 Å². The lowest BCUT2D eigenvalue weighted by molar-refractivity contribution is -0.116. The fraction of sp³-hybridized carbons (Fsp3) is 0.130. The first-order valence-corrected chi connectivity index (χ1v) is 10.4. The highest BCUT2D eigenvalue weighted by molar-refractivity contribution is 7.18. The smallest absolute Gasteiger partial charge is 0.226 e. The van der Waals surface area contributed by atoms with Gasteiger partial charge in [0.05, 0.1) is 16.8 Å². The second-order valence-corrected chi connectivity index (χ2v) is 7.79. The molecule has 2 aromatic heterocycles. The van der Waals surface area contributed by atoms with E-state index >= 15 is 0 Å². The summed E-state index contributed by atoms with van der Waals surface area (Å²) < 4.78 is 18.7. The lowest BCUT2D eigenvalue weighted by atomic mass is 10.1. The first-order valence-electron chi connectivity index (χ1n) is 9.57. The quantitative estimate of drug-likeness (QED) is 0.394. The number of nitrogens with zero attached hydrogens (tertiary/aromatic N) is 2. The summed E-state index contributed by atoms with van der Waals surface area (Å²) in [6.07, 6.45) is 1.98. The van der Waals surface area contributed by atoms with Gasteiger partial charge in [0.15, 0.2) is 22.6 Å². The fourth-order valence-electron chi connectivity index (χ4n) is 2.98. The van der Waals surface area contributed by atoms with Crippen LogP contribution in [0.4, 0.5) is 9.52 Å². The summed E-state index contributed by atoms with van der Waals surface area (Å²) in [5.41, 5.74) is 2.08. The summed E-state index contributed by atoms with van der Waals surface area (Å²) in [5, 5.41) is 3.12. The van der Waals surface area contributed by atoms with E-state index in [9.17, 15) is 14.0 Å². The first-order chi connectivity index (χ1) is 15.0. The van der Waals surface area contributed by atoms with Gasteiger partial charge in [0.1, 0.15) is 5.82 Å². The molecule has 0 spiro atoms.